The normalized spacial score (nSPS) is 20.0. The first-order valence-corrected chi connectivity index (χ1v) is 7.51. The summed E-state index contributed by atoms with van der Waals surface area (Å²) in [7, 11) is 0. The minimum absolute atomic E-state index is 0.0302. The van der Waals surface area contributed by atoms with Crippen molar-refractivity contribution in [3.63, 3.8) is 0 Å². The van der Waals surface area contributed by atoms with Gasteiger partial charge in [0, 0.05) is 13.1 Å². The lowest BCUT2D eigenvalue weighted by atomic mass is 10.0. The minimum Gasteiger partial charge on any atom is -0.481 e. The van der Waals surface area contributed by atoms with E-state index in [-0.39, 0.29) is 12.2 Å². The van der Waals surface area contributed by atoms with Crippen molar-refractivity contribution >= 4 is 11.6 Å². The van der Waals surface area contributed by atoms with Gasteiger partial charge in [0.2, 0.25) is 0 Å². The lowest BCUT2D eigenvalue weighted by molar-refractivity contribution is -0.0432. The Morgan fingerprint density at radius 1 is 1.10 bits per heavy atom. The highest BCUT2D eigenvalue weighted by Gasteiger charge is 2.28. The van der Waals surface area contributed by atoms with Gasteiger partial charge in [-0.05, 0) is 17.7 Å². The summed E-state index contributed by atoms with van der Waals surface area (Å²) in [5.74, 6) is 0.683. The van der Waals surface area contributed by atoms with Gasteiger partial charge in [0.25, 0.3) is 0 Å². The third-order valence-corrected chi connectivity index (χ3v) is 3.82. The van der Waals surface area contributed by atoms with E-state index in [2.05, 4.69) is 17.4 Å². The van der Waals surface area contributed by atoms with Gasteiger partial charge < -0.3 is 14.8 Å². The van der Waals surface area contributed by atoms with E-state index in [0.29, 0.717) is 17.4 Å². The van der Waals surface area contributed by atoms with Crippen molar-refractivity contribution in [2.75, 3.05) is 19.7 Å². The van der Waals surface area contributed by atoms with Crippen LogP contribution in [0.25, 0.3) is 0 Å². The molecule has 0 radical (unpaired) electrons. The smallest absolute Gasteiger partial charge is 0.151 e. The van der Waals surface area contributed by atoms with E-state index in [0.717, 1.165) is 18.7 Å². The molecule has 0 aromatic heterocycles. The van der Waals surface area contributed by atoms with Gasteiger partial charge in [-0.25, -0.2) is 0 Å². The Kier molecular flexibility index (Phi) is 4.76. The number of hydrogen-bond donors (Lipinski definition) is 1. The molecule has 1 fully saturated rings. The summed E-state index contributed by atoms with van der Waals surface area (Å²) in [6.07, 6.45) is -0.212. The zero-order valence-corrected chi connectivity index (χ0v) is 12.4. The quantitative estimate of drug-likeness (QED) is 0.938. The number of nitrogens with one attached hydrogen (secondary N) is 1. The zero-order valence-electron chi connectivity index (χ0n) is 11.7. The van der Waals surface area contributed by atoms with Crippen molar-refractivity contribution in [3.8, 4) is 5.75 Å². The van der Waals surface area contributed by atoms with Crippen molar-refractivity contribution in [1.29, 1.82) is 0 Å². The number of hydrogen-bond acceptors (Lipinski definition) is 3. The van der Waals surface area contributed by atoms with Gasteiger partial charge in [-0.1, -0.05) is 54.1 Å². The third kappa shape index (κ3) is 3.56. The summed E-state index contributed by atoms with van der Waals surface area (Å²) >= 11 is 6.21. The van der Waals surface area contributed by atoms with Crippen LogP contribution in [0.5, 0.6) is 5.75 Å². The molecular weight excluding hydrogens is 286 g/mol. The maximum Gasteiger partial charge on any atom is 0.151 e. The number of rotatable bonds is 4. The number of benzene rings is 2. The lowest BCUT2D eigenvalue weighted by Crippen LogP contribution is -2.43. The standard InChI is InChI=1S/C17H18ClNO2/c18-14-8-4-5-9-15(14)21-17(13-6-2-1-3-7-13)16-12-19-10-11-20-16/h1-9,16-17,19H,10-12H2. The monoisotopic (exact) mass is 303 g/mol. The Morgan fingerprint density at radius 3 is 2.57 bits per heavy atom. The van der Waals surface area contributed by atoms with Gasteiger partial charge in [-0.3, -0.25) is 0 Å². The van der Waals surface area contributed by atoms with E-state index in [1.165, 1.54) is 0 Å². The van der Waals surface area contributed by atoms with Crippen LogP contribution >= 0.6 is 11.6 Å². The molecule has 0 bridgehead atoms. The second-order valence-electron chi connectivity index (χ2n) is 4.99. The number of morpholine rings is 1. The average molecular weight is 304 g/mol. The lowest BCUT2D eigenvalue weighted by Gasteiger charge is -2.31. The van der Waals surface area contributed by atoms with Gasteiger partial charge in [0.15, 0.2) is 6.10 Å². The summed E-state index contributed by atoms with van der Waals surface area (Å²) < 4.78 is 12.0. The predicted molar refractivity (Wildman–Crippen MR) is 83.9 cm³/mol. The molecule has 3 nitrogen and oxygen atoms in total. The van der Waals surface area contributed by atoms with E-state index in [1.54, 1.807) is 0 Å². The van der Waals surface area contributed by atoms with Crippen molar-refractivity contribution in [2.24, 2.45) is 0 Å². The second-order valence-corrected chi connectivity index (χ2v) is 5.40. The molecule has 2 atom stereocenters. The third-order valence-electron chi connectivity index (χ3n) is 3.51. The van der Waals surface area contributed by atoms with Crippen molar-refractivity contribution in [3.05, 3.63) is 65.2 Å². The van der Waals surface area contributed by atoms with Crippen LogP contribution < -0.4 is 10.1 Å². The summed E-state index contributed by atoms with van der Waals surface area (Å²) in [6.45, 7) is 2.34. The van der Waals surface area contributed by atoms with Crippen molar-refractivity contribution in [2.45, 2.75) is 12.2 Å². The molecule has 4 heteroatoms. The molecule has 1 saturated heterocycles. The van der Waals surface area contributed by atoms with E-state index < -0.39 is 0 Å². The molecule has 0 aliphatic carbocycles. The van der Waals surface area contributed by atoms with Crippen LogP contribution in [-0.4, -0.2) is 25.8 Å². The highest BCUT2D eigenvalue weighted by Crippen LogP contribution is 2.31. The molecule has 110 valence electrons. The molecule has 1 aliphatic rings. The molecule has 0 spiro atoms. The largest absolute Gasteiger partial charge is 0.481 e. The van der Waals surface area contributed by atoms with Gasteiger partial charge in [-0.15, -0.1) is 0 Å². The van der Waals surface area contributed by atoms with E-state index in [4.69, 9.17) is 21.1 Å². The molecular formula is C17H18ClNO2. The van der Waals surface area contributed by atoms with Gasteiger partial charge >= 0.3 is 0 Å². The Balaban J connectivity index is 1.87. The minimum atomic E-state index is -0.182. The average Bonchev–Trinajstić information content (AvgIpc) is 2.56. The summed E-state index contributed by atoms with van der Waals surface area (Å²) in [6, 6.07) is 17.7. The maximum atomic E-state index is 6.21. The molecule has 2 unspecified atom stereocenters. The van der Waals surface area contributed by atoms with Crippen LogP contribution in [0.15, 0.2) is 54.6 Å². The van der Waals surface area contributed by atoms with Gasteiger partial charge in [-0.2, -0.15) is 0 Å². The maximum absolute atomic E-state index is 6.21. The molecule has 0 saturated carbocycles. The fourth-order valence-corrected chi connectivity index (χ4v) is 2.64. The molecule has 3 rings (SSSR count). The SMILES string of the molecule is Clc1ccccc1OC(c1ccccc1)C1CNCCO1. The van der Waals surface area contributed by atoms with Gasteiger partial charge in [0.1, 0.15) is 11.9 Å². The van der Waals surface area contributed by atoms with E-state index in [9.17, 15) is 0 Å². The first-order valence-electron chi connectivity index (χ1n) is 7.13. The van der Waals surface area contributed by atoms with Crippen LogP contribution in [0.4, 0.5) is 0 Å². The molecule has 2 aromatic rings. The molecule has 21 heavy (non-hydrogen) atoms. The first-order chi connectivity index (χ1) is 10.3. The predicted octanol–water partition coefficient (Wildman–Crippen LogP) is 3.45. The summed E-state index contributed by atoms with van der Waals surface area (Å²) in [5, 5.41) is 3.96. The fraction of sp³-hybridized carbons (Fsp3) is 0.294. The van der Waals surface area contributed by atoms with Crippen LogP contribution in [0.3, 0.4) is 0 Å². The van der Waals surface area contributed by atoms with Crippen molar-refractivity contribution in [1.82, 2.24) is 5.32 Å². The molecule has 1 heterocycles. The number of ether oxygens (including phenoxy) is 2. The zero-order chi connectivity index (χ0) is 14.5. The molecule has 1 N–H and O–H groups in total. The summed E-state index contributed by atoms with van der Waals surface area (Å²) in [4.78, 5) is 0. The number of halogens is 1. The second kappa shape index (κ2) is 6.94. The fourth-order valence-electron chi connectivity index (χ4n) is 2.46. The highest BCUT2D eigenvalue weighted by molar-refractivity contribution is 6.32. The topological polar surface area (TPSA) is 30.5 Å². The molecule has 1 aliphatic heterocycles. The van der Waals surface area contributed by atoms with Crippen LogP contribution in [0, 0.1) is 0 Å². The summed E-state index contributed by atoms with van der Waals surface area (Å²) in [5.41, 5.74) is 1.09. The van der Waals surface area contributed by atoms with Crippen LogP contribution in [-0.2, 0) is 4.74 Å². The van der Waals surface area contributed by atoms with Gasteiger partial charge in [0.05, 0.1) is 11.6 Å². The number of para-hydroxylation sites is 1. The Bertz CT molecular complexity index is 570. The van der Waals surface area contributed by atoms with Crippen LogP contribution in [0.1, 0.15) is 11.7 Å². The Morgan fingerprint density at radius 2 is 1.86 bits per heavy atom. The van der Waals surface area contributed by atoms with E-state index >= 15 is 0 Å². The first kappa shape index (κ1) is 14.4. The van der Waals surface area contributed by atoms with E-state index in [1.807, 2.05) is 42.5 Å². The van der Waals surface area contributed by atoms with Crippen molar-refractivity contribution < 1.29 is 9.47 Å². The Hall–Kier alpha value is -1.55. The Labute approximate surface area is 129 Å². The molecule has 0 amide bonds. The van der Waals surface area contributed by atoms with Crippen LogP contribution in [0.2, 0.25) is 5.02 Å². The molecule has 2 aromatic carbocycles. The highest BCUT2D eigenvalue weighted by atomic mass is 35.5.